The van der Waals surface area contributed by atoms with Crippen molar-refractivity contribution in [1.82, 2.24) is 0 Å². The van der Waals surface area contributed by atoms with Crippen molar-refractivity contribution in [3.05, 3.63) is 0 Å². The predicted octanol–water partition coefficient (Wildman–Crippen LogP) is 3.68. The van der Waals surface area contributed by atoms with Gasteiger partial charge >= 0.3 is 11.9 Å². The van der Waals surface area contributed by atoms with Crippen LogP contribution < -0.4 is 0 Å². The molecular weight excluding hydrogens is 344 g/mol. The van der Waals surface area contributed by atoms with Gasteiger partial charge in [-0.25, -0.2) is 0 Å². The summed E-state index contributed by atoms with van der Waals surface area (Å²) in [5, 5.41) is 0. The van der Waals surface area contributed by atoms with E-state index in [4.69, 9.17) is 9.47 Å². The van der Waals surface area contributed by atoms with Crippen LogP contribution in [-0.4, -0.2) is 29.9 Å². The number of carbonyl (C=O) groups excluding carboxylic acids is 3. The molecule has 4 aliphatic rings. The van der Waals surface area contributed by atoms with E-state index in [0.29, 0.717) is 36.0 Å². The number of Topliss-reactive ketones (excluding diaryl/α,β-unsaturated/α-hetero) is 1. The lowest BCUT2D eigenvalue weighted by Crippen LogP contribution is -2.50. The Labute approximate surface area is 161 Å². The van der Waals surface area contributed by atoms with Gasteiger partial charge < -0.3 is 9.47 Å². The van der Waals surface area contributed by atoms with E-state index >= 15 is 0 Å². The largest absolute Gasteiger partial charge is 0.463 e. The molecule has 8 atom stereocenters. The zero-order valence-electron chi connectivity index (χ0n) is 16.7. The smallest absolute Gasteiger partial charge is 0.303 e. The summed E-state index contributed by atoms with van der Waals surface area (Å²) in [4.78, 5) is 35.5. The maximum atomic E-state index is 12.7. The van der Waals surface area contributed by atoms with E-state index in [1.165, 1.54) is 20.3 Å². The van der Waals surface area contributed by atoms with Crippen molar-refractivity contribution < 1.29 is 23.9 Å². The van der Waals surface area contributed by atoms with Gasteiger partial charge in [0, 0.05) is 25.7 Å². The van der Waals surface area contributed by atoms with Crippen LogP contribution in [0.15, 0.2) is 0 Å². The number of hydrogen-bond acceptors (Lipinski definition) is 5. The topological polar surface area (TPSA) is 69.7 Å². The Balaban J connectivity index is 1.49. The summed E-state index contributed by atoms with van der Waals surface area (Å²) < 4.78 is 11.0. The van der Waals surface area contributed by atoms with Crippen LogP contribution in [0.4, 0.5) is 0 Å². The van der Waals surface area contributed by atoms with Crippen molar-refractivity contribution in [3.63, 3.8) is 0 Å². The van der Waals surface area contributed by atoms with E-state index in [-0.39, 0.29) is 29.2 Å². The molecule has 5 nitrogen and oxygen atoms in total. The SMILES string of the molecule is CC(=O)O[C@H]1CC[C@@H]2[C@@H](CC[C@H]3[C@H]2CC[C@@]2(C)[C@H](OC(C)=O)C(=O)C[C@H]32)C1. The minimum atomic E-state index is -0.543. The number of carbonyl (C=O) groups is 3. The molecule has 0 aliphatic heterocycles. The summed E-state index contributed by atoms with van der Waals surface area (Å²) in [6.07, 6.45) is 7.65. The molecule has 0 unspecified atom stereocenters. The van der Waals surface area contributed by atoms with Crippen molar-refractivity contribution in [3.8, 4) is 0 Å². The number of ketones is 1. The Morgan fingerprint density at radius 1 is 0.926 bits per heavy atom. The summed E-state index contributed by atoms with van der Waals surface area (Å²) in [7, 11) is 0. The molecule has 0 heterocycles. The molecule has 4 fully saturated rings. The van der Waals surface area contributed by atoms with Crippen molar-refractivity contribution >= 4 is 17.7 Å². The average molecular weight is 376 g/mol. The number of rotatable bonds is 2. The Hall–Kier alpha value is -1.39. The van der Waals surface area contributed by atoms with Crippen LogP contribution in [0.5, 0.6) is 0 Å². The molecule has 150 valence electrons. The summed E-state index contributed by atoms with van der Waals surface area (Å²) >= 11 is 0. The first kappa shape index (κ1) is 18.9. The van der Waals surface area contributed by atoms with Crippen molar-refractivity contribution in [1.29, 1.82) is 0 Å². The molecule has 0 N–H and O–H groups in total. The zero-order valence-corrected chi connectivity index (χ0v) is 16.7. The third-order valence-electron chi connectivity index (χ3n) is 8.27. The normalized spacial score (nSPS) is 46.0. The average Bonchev–Trinajstić information content (AvgIpc) is 2.85. The molecule has 0 aromatic carbocycles. The van der Waals surface area contributed by atoms with Gasteiger partial charge in [0.05, 0.1) is 0 Å². The van der Waals surface area contributed by atoms with Gasteiger partial charge in [0.1, 0.15) is 6.10 Å². The molecule has 0 amide bonds. The van der Waals surface area contributed by atoms with Crippen molar-refractivity contribution in [2.75, 3.05) is 0 Å². The highest BCUT2D eigenvalue weighted by atomic mass is 16.5. The Morgan fingerprint density at radius 2 is 1.63 bits per heavy atom. The highest BCUT2D eigenvalue weighted by Crippen LogP contribution is 2.62. The summed E-state index contributed by atoms with van der Waals surface area (Å²) in [6, 6.07) is 0. The lowest BCUT2D eigenvalue weighted by Gasteiger charge is -2.55. The minimum absolute atomic E-state index is 0.0931. The Morgan fingerprint density at radius 3 is 2.33 bits per heavy atom. The first-order valence-corrected chi connectivity index (χ1v) is 10.7. The highest BCUT2D eigenvalue weighted by Gasteiger charge is 2.61. The molecule has 27 heavy (non-hydrogen) atoms. The standard InChI is InChI=1S/C22H32O5/c1-12(23)26-15-5-7-16-14(10-15)4-6-18-17(16)8-9-22(3)19(18)11-20(25)21(22)27-13(2)24/h14-19,21H,4-11H2,1-3H3/t14-,15-,16+,17-,18-,19+,21+,22+/m0/s1. The number of esters is 2. The minimum Gasteiger partial charge on any atom is -0.463 e. The van der Waals surface area contributed by atoms with E-state index in [9.17, 15) is 14.4 Å². The van der Waals surface area contributed by atoms with E-state index < -0.39 is 6.10 Å². The number of ether oxygens (including phenoxy) is 2. The van der Waals surface area contributed by atoms with Gasteiger partial charge in [-0.2, -0.15) is 0 Å². The monoisotopic (exact) mass is 376 g/mol. The molecule has 0 radical (unpaired) electrons. The lowest BCUT2D eigenvalue weighted by molar-refractivity contribution is -0.163. The fraction of sp³-hybridized carbons (Fsp3) is 0.864. The van der Waals surface area contributed by atoms with Crippen LogP contribution in [0.3, 0.4) is 0 Å². The van der Waals surface area contributed by atoms with Gasteiger partial charge in [0.2, 0.25) is 0 Å². The first-order valence-electron chi connectivity index (χ1n) is 10.7. The van der Waals surface area contributed by atoms with Crippen LogP contribution in [0, 0.1) is 35.0 Å². The van der Waals surface area contributed by atoms with E-state index in [2.05, 4.69) is 6.92 Å². The zero-order chi connectivity index (χ0) is 19.3. The van der Waals surface area contributed by atoms with E-state index in [1.54, 1.807) is 0 Å². The summed E-state index contributed by atoms with van der Waals surface area (Å²) in [5.74, 6) is 2.55. The van der Waals surface area contributed by atoms with Crippen LogP contribution in [0.25, 0.3) is 0 Å². The van der Waals surface area contributed by atoms with Gasteiger partial charge in [0.25, 0.3) is 0 Å². The molecule has 0 spiro atoms. The third-order valence-corrected chi connectivity index (χ3v) is 8.27. The summed E-state index contributed by atoms with van der Waals surface area (Å²) in [5.41, 5.74) is -0.189. The molecule has 0 aromatic rings. The van der Waals surface area contributed by atoms with Crippen LogP contribution in [0.2, 0.25) is 0 Å². The number of fused-ring (bicyclic) bond motifs is 5. The first-order chi connectivity index (χ1) is 12.8. The predicted molar refractivity (Wildman–Crippen MR) is 98.6 cm³/mol. The highest BCUT2D eigenvalue weighted by molar-refractivity contribution is 5.89. The second kappa shape index (κ2) is 6.89. The van der Waals surface area contributed by atoms with Gasteiger partial charge in [-0.1, -0.05) is 6.92 Å². The van der Waals surface area contributed by atoms with Crippen molar-refractivity contribution in [2.45, 2.75) is 84.3 Å². The van der Waals surface area contributed by atoms with Crippen LogP contribution in [-0.2, 0) is 23.9 Å². The Kier molecular flexibility index (Phi) is 4.84. The molecule has 0 bridgehead atoms. The van der Waals surface area contributed by atoms with Gasteiger partial charge in [-0.3, -0.25) is 14.4 Å². The summed E-state index contributed by atoms with van der Waals surface area (Å²) in [6.45, 7) is 5.08. The molecule has 4 rings (SSSR count). The molecule has 0 aromatic heterocycles. The quantitative estimate of drug-likeness (QED) is 0.688. The fourth-order valence-corrected chi connectivity index (χ4v) is 7.27. The molecular formula is C22H32O5. The van der Waals surface area contributed by atoms with Gasteiger partial charge in [-0.15, -0.1) is 0 Å². The maximum absolute atomic E-state index is 12.7. The number of hydrogen-bond donors (Lipinski definition) is 0. The Bertz CT molecular complexity index is 643. The molecule has 0 saturated heterocycles. The van der Waals surface area contributed by atoms with E-state index in [1.807, 2.05) is 0 Å². The maximum Gasteiger partial charge on any atom is 0.303 e. The van der Waals surface area contributed by atoms with Gasteiger partial charge in [0.15, 0.2) is 11.9 Å². The van der Waals surface area contributed by atoms with E-state index in [0.717, 1.165) is 38.5 Å². The van der Waals surface area contributed by atoms with Crippen LogP contribution >= 0.6 is 0 Å². The van der Waals surface area contributed by atoms with Crippen LogP contribution in [0.1, 0.15) is 72.1 Å². The second-order valence-corrected chi connectivity index (χ2v) is 9.68. The fourth-order valence-electron chi connectivity index (χ4n) is 7.27. The third kappa shape index (κ3) is 3.21. The molecule has 4 saturated carbocycles. The van der Waals surface area contributed by atoms with Crippen molar-refractivity contribution in [2.24, 2.45) is 35.0 Å². The molecule has 4 aliphatic carbocycles. The van der Waals surface area contributed by atoms with Gasteiger partial charge in [-0.05, 0) is 74.5 Å². The molecule has 5 heteroatoms. The second-order valence-electron chi connectivity index (χ2n) is 9.68. The lowest BCUT2D eigenvalue weighted by atomic mass is 9.50.